The molecule has 1 N–H and O–H groups in total. The van der Waals surface area contributed by atoms with E-state index >= 15 is 0 Å². The first-order chi connectivity index (χ1) is 10.8. The van der Waals surface area contributed by atoms with Crippen LogP contribution in [0.2, 0.25) is 0 Å². The summed E-state index contributed by atoms with van der Waals surface area (Å²) in [7, 11) is 0. The summed E-state index contributed by atoms with van der Waals surface area (Å²) < 4.78 is 0. The number of aromatic hydroxyl groups is 1. The smallest absolute Gasteiger partial charge is 0.117 e. The Kier molecular flexibility index (Phi) is 2.79. The van der Waals surface area contributed by atoms with E-state index in [0.29, 0.717) is 5.52 Å². The van der Waals surface area contributed by atoms with Gasteiger partial charge in [0, 0.05) is 24.0 Å². The Bertz CT molecular complexity index is 932. The van der Waals surface area contributed by atoms with Gasteiger partial charge >= 0.3 is 0 Å². The van der Waals surface area contributed by atoms with Crippen LogP contribution in [0.15, 0.2) is 61.1 Å². The molecule has 0 saturated carbocycles. The first-order valence-electron chi connectivity index (χ1n) is 6.72. The molecule has 4 aromatic rings. The fourth-order valence-electron chi connectivity index (χ4n) is 2.23. The first kappa shape index (κ1) is 12.5. The van der Waals surface area contributed by atoms with E-state index in [9.17, 15) is 5.11 Å². The number of benzene rings is 2. The minimum absolute atomic E-state index is 0.178. The monoisotopic (exact) mass is 289 g/mol. The molecule has 0 unspecified atom stereocenters. The van der Waals surface area contributed by atoms with E-state index in [1.54, 1.807) is 41.6 Å². The molecule has 0 radical (unpaired) electrons. The molecule has 22 heavy (non-hydrogen) atoms. The van der Waals surface area contributed by atoms with Crippen molar-refractivity contribution >= 4 is 11.0 Å². The zero-order valence-electron chi connectivity index (χ0n) is 11.5. The molecule has 6 nitrogen and oxygen atoms in total. The molecule has 0 aliphatic rings. The van der Waals surface area contributed by atoms with Gasteiger partial charge in [0.2, 0.25) is 0 Å². The second kappa shape index (κ2) is 4.92. The van der Waals surface area contributed by atoms with E-state index in [-0.39, 0.29) is 5.75 Å². The van der Waals surface area contributed by atoms with Gasteiger partial charge in [0.15, 0.2) is 0 Å². The van der Waals surface area contributed by atoms with Crippen LogP contribution in [0.25, 0.3) is 28.0 Å². The number of phenols is 1. The van der Waals surface area contributed by atoms with E-state index < -0.39 is 0 Å². The molecule has 2 aromatic heterocycles. The molecular weight excluding hydrogens is 278 g/mol. The molecule has 0 fully saturated rings. The van der Waals surface area contributed by atoms with Gasteiger partial charge in [-0.15, -0.1) is 10.2 Å². The summed E-state index contributed by atoms with van der Waals surface area (Å²) in [5.74, 6) is 0.178. The van der Waals surface area contributed by atoms with Crippen molar-refractivity contribution in [2.75, 3.05) is 0 Å². The van der Waals surface area contributed by atoms with Crippen LogP contribution in [0.5, 0.6) is 5.75 Å². The molecule has 0 spiro atoms. The third-order valence-electron chi connectivity index (χ3n) is 3.32. The summed E-state index contributed by atoms with van der Waals surface area (Å²) in [5.41, 5.74) is 4.01. The maximum atomic E-state index is 9.48. The average molecular weight is 289 g/mol. The molecule has 4 rings (SSSR count). The summed E-state index contributed by atoms with van der Waals surface area (Å²) in [4.78, 5) is 9.88. The van der Waals surface area contributed by atoms with Gasteiger partial charge in [-0.25, -0.2) is 0 Å². The lowest BCUT2D eigenvalue weighted by Gasteiger charge is -2.02. The van der Waals surface area contributed by atoms with E-state index in [1.807, 2.05) is 24.3 Å². The van der Waals surface area contributed by atoms with Crippen LogP contribution in [0.3, 0.4) is 0 Å². The fourth-order valence-corrected chi connectivity index (χ4v) is 2.23. The Labute approximate surface area is 125 Å². The lowest BCUT2D eigenvalue weighted by atomic mass is 10.1. The molecule has 0 aliphatic carbocycles. The van der Waals surface area contributed by atoms with Crippen molar-refractivity contribution in [1.82, 2.24) is 25.0 Å². The van der Waals surface area contributed by atoms with Crippen molar-refractivity contribution in [3.63, 3.8) is 0 Å². The number of hydrogen-bond donors (Lipinski definition) is 1. The molecule has 0 atom stereocenters. The van der Waals surface area contributed by atoms with Crippen LogP contribution in [0, 0.1) is 0 Å². The predicted molar refractivity (Wildman–Crippen MR) is 81.6 cm³/mol. The van der Waals surface area contributed by atoms with Gasteiger partial charge in [-0.05, 0) is 24.3 Å². The van der Waals surface area contributed by atoms with Crippen molar-refractivity contribution < 1.29 is 5.11 Å². The molecule has 0 bridgehead atoms. The van der Waals surface area contributed by atoms with Crippen molar-refractivity contribution in [1.29, 1.82) is 0 Å². The second-order valence-electron chi connectivity index (χ2n) is 4.80. The molecule has 2 aromatic carbocycles. The van der Waals surface area contributed by atoms with Crippen molar-refractivity contribution in [3.8, 4) is 22.7 Å². The molecule has 0 amide bonds. The summed E-state index contributed by atoms with van der Waals surface area (Å²) in [6.45, 7) is 0. The van der Waals surface area contributed by atoms with Crippen molar-refractivity contribution in [3.05, 3.63) is 61.1 Å². The highest BCUT2D eigenvalue weighted by Gasteiger charge is 2.06. The first-order valence-corrected chi connectivity index (χ1v) is 6.72. The van der Waals surface area contributed by atoms with Gasteiger partial charge in [-0.1, -0.05) is 12.1 Å². The summed E-state index contributed by atoms with van der Waals surface area (Å²) in [6.07, 6.45) is 5.03. The summed E-state index contributed by atoms with van der Waals surface area (Å²) in [6, 6.07) is 12.7. The van der Waals surface area contributed by atoms with Gasteiger partial charge in [0.05, 0.1) is 17.6 Å². The Balaban J connectivity index is 1.73. The fraction of sp³-hybridized carbons (Fsp3) is 0. The predicted octanol–water partition coefficient (Wildman–Crippen LogP) is 2.58. The van der Waals surface area contributed by atoms with E-state index in [4.69, 9.17) is 0 Å². The third-order valence-corrected chi connectivity index (χ3v) is 3.32. The zero-order chi connectivity index (χ0) is 14.9. The lowest BCUT2D eigenvalue weighted by molar-refractivity contribution is 0.476. The normalized spacial score (nSPS) is 10.9. The number of hydrogen-bond acceptors (Lipinski definition) is 5. The topological polar surface area (TPSA) is 76.7 Å². The van der Waals surface area contributed by atoms with Gasteiger partial charge in [-0.3, -0.25) is 9.97 Å². The molecular formula is C16H11N5O. The van der Waals surface area contributed by atoms with E-state index in [2.05, 4.69) is 20.2 Å². The number of nitrogens with zero attached hydrogens (tertiary/aromatic N) is 5. The Morgan fingerprint density at radius 1 is 0.864 bits per heavy atom. The molecule has 2 heterocycles. The van der Waals surface area contributed by atoms with Crippen LogP contribution in [0.1, 0.15) is 0 Å². The molecule has 0 saturated heterocycles. The standard InChI is InChI=1S/C16H11N5O/c22-13-5-6-14-15(9-13)20-21(19-14)12-3-1-11(2-4-12)16-10-17-7-8-18-16/h1-10,22H. The van der Waals surface area contributed by atoms with Crippen LogP contribution in [-0.2, 0) is 0 Å². The minimum atomic E-state index is 0.178. The highest BCUT2D eigenvalue weighted by atomic mass is 16.3. The quantitative estimate of drug-likeness (QED) is 0.613. The van der Waals surface area contributed by atoms with Crippen LogP contribution >= 0.6 is 0 Å². The Hall–Kier alpha value is -3.28. The lowest BCUT2D eigenvalue weighted by Crippen LogP contribution is -1.98. The molecule has 6 heteroatoms. The van der Waals surface area contributed by atoms with Gasteiger partial charge in [0.25, 0.3) is 0 Å². The zero-order valence-corrected chi connectivity index (χ0v) is 11.5. The minimum Gasteiger partial charge on any atom is -0.508 e. The van der Waals surface area contributed by atoms with Crippen LogP contribution in [-0.4, -0.2) is 30.1 Å². The number of fused-ring (bicyclic) bond motifs is 1. The number of phenolic OH excluding ortho intramolecular Hbond substituents is 1. The summed E-state index contributed by atoms with van der Waals surface area (Å²) in [5, 5.41) is 18.2. The molecule has 0 aliphatic heterocycles. The van der Waals surface area contributed by atoms with Gasteiger partial charge in [-0.2, -0.15) is 4.80 Å². The Morgan fingerprint density at radius 2 is 1.68 bits per heavy atom. The maximum absolute atomic E-state index is 9.48. The Morgan fingerprint density at radius 3 is 2.45 bits per heavy atom. The molecule has 106 valence electrons. The summed E-state index contributed by atoms with van der Waals surface area (Å²) >= 11 is 0. The maximum Gasteiger partial charge on any atom is 0.117 e. The van der Waals surface area contributed by atoms with E-state index in [0.717, 1.165) is 22.5 Å². The van der Waals surface area contributed by atoms with E-state index in [1.165, 1.54) is 0 Å². The highest BCUT2D eigenvalue weighted by Crippen LogP contribution is 2.20. The second-order valence-corrected chi connectivity index (χ2v) is 4.80. The highest BCUT2D eigenvalue weighted by molar-refractivity contribution is 5.75. The SMILES string of the molecule is Oc1ccc2nn(-c3ccc(-c4cnccn4)cc3)nc2c1. The van der Waals surface area contributed by atoms with Crippen LogP contribution < -0.4 is 0 Å². The average Bonchev–Trinajstić information content (AvgIpc) is 2.99. The number of rotatable bonds is 2. The number of aromatic nitrogens is 5. The largest absolute Gasteiger partial charge is 0.508 e. The van der Waals surface area contributed by atoms with Crippen molar-refractivity contribution in [2.45, 2.75) is 0 Å². The van der Waals surface area contributed by atoms with Gasteiger partial charge in [0.1, 0.15) is 16.8 Å². The third kappa shape index (κ3) is 2.16. The van der Waals surface area contributed by atoms with Gasteiger partial charge < -0.3 is 5.11 Å². The van der Waals surface area contributed by atoms with Crippen LogP contribution in [0.4, 0.5) is 0 Å². The van der Waals surface area contributed by atoms with Crippen molar-refractivity contribution in [2.24, 2.45) is 0 Å².